The Morgan fingerprint density at radius 3 is 2.79 bits per heavy atom. The number of furan rings is 1. The predicted octanol–water partition coefficient (Wildman–Crippen LogP) is 1.31. The zero-order chi connectivity index (χ0) is 10.6. The molecule has 4 nitrogen and oxygen atoms in total. The Hall–Kier alpha value is -1.42. The molecule has 14 heavy (non-hydrogen) atoms. The molecule has 4 heteroatoms. The minimum atomic E-state index is -0.707. The Morgan fingerprint density at radius 2 is 2.29 bits per heavy atom. The Kier molecular flexibility index (Phi) is 3.59. The number of Topliss-reactive ketones (excluding diaryl/α,β-unsaturated/α-hetero) is 2. The molecule has 0 amide bonds. The van der Waals surface area contributed by atoms with E-state index in [4.69, 9.17) is 4.42 Å². The van der Waals surface area contributed by atoms with Gasteiger partial charge in [0.05, 0.1) is 12.2 Å². The van der Waals surface area contributed by atoms with Crippen LogP contribution in [0.15, 0.2) is 22.8 Å². The van der Waals surface area contributed by atoms with Gasteiger partial charge in [-0.1, -0.05) is 0 Å². The molecule has 0 aliphatic carbocycles. The van der Waals surface area contributed by atoms with E-state index in [1.807, 2.05) is 0 Å². The normalized spacial score (nSPS) is 12.4. The van der Waals surface area contributed by atoms with Gasteiger partial charge in [-0.3, -0.25) is 9.59 Å². The van der Waals surface area contributed by atoms with Gasteiger partial charge in [0.25, 0.3) is 0 Å². The van der Waals surface area contributed by atoms with Crippen molar-refractivity contribution in [2.75, 3.05) is 13.7 Å². The van der Waals surface area contributed by atoms with Crippen LogP contribution in [0.1, 0.15) is 17.5 Å². The van der Waals surface area contributed by atoms with Crippen LogP contribution >= 0.6 is 0 Å². The van der Waals surface area contributed by atoms with Gasteiger partial charge >= 0.3 is 0 Å². The SMILES string of the molecule is COCC(=O)C(C)C(=O)c1ccco1. The number of rotatable bonds is 5. The summed E-state index contributed by atoms with van der Waals surface area (Å²) in [4.78, 5) is 22.8. The molecule has 0 radical (unpaired) electrons. The van der Waals surface area contributed by atoms with E-state index in [0.717, 1.165) is 0 Å². The highest BCUT2D eigenvalue weighted by Gasteiger charge is 2.24. The van der Waals surface area contributed by atoms with Crippen LogP contribution in [0.2, 0.25) is 0 Å². The van der Waals surface area contributed by atoms with Crippen LogP contribution in [0.3, 0.4) is 0 Å². The summed E-state index contributed by atoms with van der Waals surface area (Å²) < 4.78 is 9.56. The molecule has 1 atom stereocenters. The van der Waals surface area contributed by atoms with Gasteiger partial charge in [-0.15, -0.1) is 0 Å². The first-order valence-electron chi connectivity index (χ1n) is 4.26. The number of methoxy groups -OCH3 is 1. The van der Waals surface area contributed by atoms with Crippen molar-refractivity contribution >= 4 is 11.6 Å². The second-order valence-electron chi connectivity index (χ2n) is 2.96. The average Bonchev–Trinajstić information content (AvgIpc) is 2.68. The monoisotopic (exact) mass is 196 g/mol. The molecule has 0 bridgehead atoms. The third kappa shape index (κ3) is 2.29. The van der Waals surface area contributed by atoms with E-state index in [-0.39, 0.29) is 23.9 Å². The molecule has 1 aromatic rings. The molecular formula is C10H12O4. The van der Waals surface area contributed by atoms with Gasteiger partial charge in [0.15, 0.2) is 11.5 Å². The second-order valence-corrected chi connectivity index (χ2v) is 2.96. The number of ketones is 2. The Morgan fingerprint density at radius 1 is 1.57 bits per heavy atom. The van der Waals surface area contributed by atoms with Crippen molar-refractivity contribution in [3.8, 4) is 0 Å². The molecule has 1 aromatic heterocycles. The van der Waals surface area contributed by atoms with Crippen molar-refractivity contribution in [1.82, 2.24) is 0 Å². The fraction of sp³-hybridized carbons (Fsp3) is 0.400. The standard InChI is InChI=1S/C10H12O4/c1-7(8(11)6-13-2)10(12)9-4-3-5-14-9/h3-5,7H,6H2,1-2H3. The number of carbonyl (C=O) groups excluding carboxylic acids is 2. The van der Waals surface area contributed by atoms with Gasteiger partial charge < -0.3 is 9.15 Å². The summed E-state index contributed by atoms with van der Waals surface area (Å²) in [6, 6.07) is 3.15. The molecule has 0 N–H and O–H groups in total. The van der Waals surface area contributed by atoms with Crippen molar-refractivity contribution in [2.45, 2.75) is 6.92 Å². The highest BCUT2D eigenvalue weighted by atomic mass is 16.5. The van der Waals surface area contributed by atoms with E-state index in [1.54, 1.807) is 19.1 Å². The molecule has 0 saturated heterocycles. The Balaban J connectivity index is 2.66. The summed E-state index contributed by atoms with van der Waals surface area (Å²) in [7, 11) is 1.42. The maximum Gasteiger partial charge on any atom is 0.208 e. The minimum Gasteiger partial charge on any atom is -0.461 e. The van der Waals surface area contributed by atoms with Crippen LogP contribution in [0, 0.1) is 5.92 Å². The topological polar surface area (TPSA) is 56.5 Å². The molecule has 76 valence electrons. The lowest BCUT2D eigenvalue weighted by atomic mass is 10.0. The fourth-order valence-electron chi connectivity index (χ4n) is 1.05. The molecule has 1 heterocycles. The van der Waals surface area contributed by atoms with E-state index in [2.05, 4.69) is 4.74 Å². The second kappa shape index (κ2) is 4.72. The van der Waals surface area contributed by atoms with E-state index in [0.29, 0.717) is 0 Å². The van der Waals surface area contributed by atoms with Crippen molar-refractivity contribution < 1.29 is 18.7 Å². The maximum atomic E-state index is 11.6. The van der Waals surface area contributed by atoms with E-state index < -0.39 is 5.92 Å². The van der Waals surface area contributed by atoms with Crippen LogP contribution in [0.5, 0.6) is 0 Å². The summed E-state index contributed by atoms with van der Waals surface area (Å²) in [5.41, 5.74) is 0. The van der Waals surface area contributed by atoms with E-state index in [1.165, 1.54) is 13.4 Å². The summed E-state index contributed by atoms with van der Waals surface area (Å²) in [6.45, 7) is 1.50. The van der Waals surface area contributed by atoms with Gasteiger partial charge in [0.1, 0.15) is 6.61 Å². The quantitative estimate of drug-likeness (QED) is 0.526. The van der Waals surface area contributed by atoms with Crippen molar-refractivity contribution in [1.29, 1.82) is 0 Å². The molecule has 0 spiro atoms. The zero-order valence-corrected chi connectivity index (χ0v) is 8.15. The fourth-order valence-corrected chi connectivity index (χ4v) is 1.05. The smallest absolute Gasteiger partial charge is 0.208 e. The summed E-state index contributed by atoms with van der Waals surface area (Å²) >= 11 is 0. The van der Waals surface area contributed by atoms with Crippen LogP contribution in [-0.2, 0) is 9.53 Å². The molecule has 1 rings (SSSR count). The van der Waals surface area contributed by atoms with Crippen molar-refractivity contribution in [3.63, 3.8) is 0 Å². The van der Waals surface area contributed by atoms with Crippen molar-refractivity contribution in [2.24, 2.45) is 5.92 Å². The van der Waals surface area contributed by atoms with Crippen LogP contribution < -0.4 is 0 Å². The highest BCUT2D eigenvalue weighted by Crippen LogP contribution is 2.10. The van der Waals surface area contributed by atoms with E-state index in [9.17, 15) is 9.59 Å². The average molecular weight is 196 g/mol. The number of hydrogen-bond acceptors (Lipinski definition) is 4. The molecule has 0 fully saturated rings. The predicted molar refractivity (Wildman–Crippen MR) is 49.1 cm³/mol. The lowest BCUT2D eigenvalue weighted by Gasteiger charge is -2.05. The number of hydrogen-bond donors (Lipinski definition) is 0. The first-order valence-corrected chi connectivity index (χ1v) is 4.26. The van der Waals surface area contributed by atoms with Crippen LogP contribution in [0.25, 0.3) is 0 Å². The lowest BCUT2D eigenvalue weighted by molar-refractivity contribution is -0.124. The van der Waals surface area contributed by atoms with Crippen LogP contribution in [0.4, 0.5) is 0 Å². The molecule has 0 saturated carbocycles. The lowest BCUT2D eigenvalue weighted by Crippen LogP contribution is -2.24. The summed E-state index contributed by atoms with van der Waals surface area (Å²) in [6.07, 6.45) is 1.40. The van der Waals surface area contributed by atoms with Gasteiger partial charge in [0.2, 0.25) is 5.78 Å². The van der Waals surface area contributed by atoms with E-state index >= 15 is 0 Å². The minimum absolute atomic E-state index is 0.0480. The van der Waals surface area contributed by atoms with Gasteiger partial charge in [-0.25, -0.2) is 0 Å². The summed E-state index contributed by atoms with van der Waals surface area (Å²) in [5.74, 6) is -1.05. The molecule has 0 aromatic carbocycles. The third-order valence-corrected chi connectivity index (χ3v) is 1.93. The largest absolute Gasteiger partial charge is 0.461 e. The maximum absolute atomic E-state index is 11.6. The zero-order valence-electron chi connectivity index (χ0n) is 8.15. The van der Waals surface area contributed by atoms with Crippen molar-refractivity contribution in [3.05, 3.63) is 24.2 Å². The summed E-state index contributed by atoms with van der Waals surface area (Å²) in [5, 5.41) is 0. The Labute approximate surface area is 81.9 Å². The highest BCUT2D eigenvalue weighted by molar-refractivity contribution is 6.09. The Bertz CT molecular complexity index is 313. The first-order chi connectivity index (χ1) is 6.66. The van der Waals surface area contributed by atoms with Gasteiger partial charge in [-0.05, 0) is 19.1 Å². The van der Waals surface area contributed by atoms with Crippen LogP contribution in [-0.4, -0.2) is 25.3 Å². The molecular weight excluding hydrogens is 184 g/mol. The van der Waals surface area contributed by atoms with Gasteiger partial charge in [0, 0.05) is 7.11 Å². The third-order valence-electron chi connectivity index (χ3n) is 1.93. The molecule has 1 unspecified atom stereocenters. The number of carbonyl (C=O) groups is 2. The number of ether oxygens (including phenoxy) is 1. The first kappa shape index (κ1) is 10.7. The molecule has 0 aliphatic rings. The molecule has 0 aliphatic heterocycles. The van der Waals surface area contributed by atoms with Gasteiger partial charge in [-0.2, -0.15) is 0 Å².